The number of carbonyl (C=O) groups is 1. The summed E-state index contributed by atoms with van der Waals surface area (Å²) >= 11 is 0. The highest BCUT2D eigenvalue weighted by Crippen LogP contribution is 2.52. The number of pyridine rings is 1. The van der Waals surface area contributed by atoms with E-state index in [1.807, 2.05) is 24.4 Å². The van der Waals surface area contributed by atoms with E-state index in [0.717, 1.165) is 44.5 Å². The molecule has 1 saturated heterocycles. The lowest BCUT2D eigenvalue weighted by molar-refractivity contribution is -0.136. The zero-order valence-corrected chi connectivity index (χ0v) is 14.9. The molecule has 3 rings (SSSR count). The molecule has 1 amide bonds. The lowest BCUT2D eigenvalue weighted by Crippen LogP contribution is -2.42. The predicted octanol–water partition coefficient (Wildman–Crippen LogP) is 3.02. The number of rotatable bonds is 4. The van der Waals surface area contributed by atoms with E-state index in [0.29, 0.717) is 18.5 Å². The van der Waals surface area contributed by atoms with Crippen LogP contribution in [0.5, 0.6) is 0 Å². The highest BCUT2D eigenvalue weighted by atomic mass is 35.5. The number of nitrogens with zero attached hydrogens (tertiary/aromatic N) is 2. The van der Waals surface area contributed by atoms with Crippen molar-refractivity contribution < 1.29 is 4.79 Å². The van der Waals surface area contributed by atoms with Gasteiger partial charge in [-0.3, -0.25) is 9.78 Å². The first-order valence-electron chi connectivity index (χ1n) is 8.49. The van der Waals surface area contributed by atoms with E-state index < -0.39 is 0 Å². The third kappa shape index (κ3) is 4.45. The van der Waals surface area contributed by atoms with Gasteiger partial charge in [-0.05, 0) is 56.3 Å². The van der Waals surface area contributed by atoms with E-state index >= 15 is 0 Å². The molecule has 2 unspecified atom stereocenters. The summed E-state index contributed by atoms with van der Waals surface area (Å²) in [4.78, 5) is 19.6. The van der Waals surface area contributed by atoms with Crippen LogP contribution in [-0.4, -0.2) is 34.9 Å². The van der Waals surface area contributed by atoms with Gasteiger partial charge in [-0.2, -0.15) is 0 Å². The van der Waals surface area contributed by atoms with E-state index in [4.69, 9.17) is 0 Å². The molecule has 1 aromatic rings. The molecule has 2 atom stereocenters. The fourth-order valence-corrected chi connectivity index (χ4v) is 3.45. The lowest BCUT2D eigenvalue weighted by Gasteiger charge is -2.31. The maximum atomic E-state index is 13.0. The molecule has 5 heteroatoms. The summed E-state index contributed by atoms with van der Waals surface area (Å²) in [5.74, 6) is 0.537. The van der Waals surface area contributed by atoms with Crippen LogP contribution in [0, 0.1) is 11.3 Å². The number of halogens is 1. The molecule has 1 aliphatic heterocycles. The number of amides is 1. The van der Waals surface area contributed by atoms with Gasteiger partial charge in [-0.15, -0.1) is 12.4 Å². The Hall–Kier alpha value is -1.13. The quantitative estimate of drug-likeness (QED) is 0.918. The van der Waals surface area contributed by atoms with Gasteiger partial charge in [0.1, 0.15) is 0 Å². The average molecular weight is 338 g/mol. The molecule has 1 aliphatic carbocycles. The summed E-state index contributed by atoms with van der Waals surface area (Å²) in [5, 5.41) is 3.44. The van der Waals surface area contributed by atoms with Gasteiger partial charge in [-0.25, -0.2) is 0 Å². The predicted molar refractivity (Wildman–Crippen MR) is 94.4 cm³/mol. The zero-order valence-electron chi connectivity index (χ0n) is 14.1. The second-order valence-electron chi connectivity index (χ2n) is 7.37. The molecule has 2 fully saturated rings. The van der Waals surface area contributed by atoms with Crippen LogP contribution in [0.3, 0.4) is 0 Å². The van der Waals surface area contributed by atoms with Crippen molar-refractivity contribution in [3.63, 3.8) is 0 Å². The highest BCUT2D eigenvalue weighted by Gasteiger charge is 2.52. The molecular weight excluding hydrogens is 310 g/mol. The van der Waals surface area contributed by atoms with Crippen LogP contribution >= 0.6 is 12.4 Å². The molecule has 2 heterocycles. The minimum absolute atomic E-state index is 0. The van der Waals surface area contributed by atoms with E-state index in [1.165, 1.54) is 0 Å². The summed E-state index contributed by atoms with van der Waals surface area (Å²) < 4.78 is 0. The van der Waals surface area contributed by atoms with Crippen molar-refractivity contribution in [3.8, 4) is 0 Å². The zero-order chi connectivity index (χ0) is 15.6. The molecule has 0 spiro atoms. The number of nitrogens with one attached hydrogen (secondary N) is 1. The van der Waals surface area contributed by atoms with Crippen LogP contribution in [0.4, 0.5) is 0 Å². The second-order valence-corrected chi connectivity index (χ2v) is 7.37. The molecule has 0 radical (unpaired) electrons. The van der Waals surface area contributed by atoms with Gasteiger partial charge in [-0.1, -0.05) is 19.9 Å². The van der Waals surface area contributed by atoms with Gasteiger partial charge in [0.2, 0.25) is 5.91 Å². The summed E-state index contributed by atoms with van der Waals surface area (Å²) in [6, 6.07) is 6.30. The lowest BCUT2D eigenvalue weighted by atomic mass is 10.0. The van der Waals surface area contributed by atoms with Crippen molar-refractivity contribution >= 4 is 18.3 Å². The maximum absolute atomic E-state index is 13.0. The first-order chi connectivity index (χ1) is 10.6. The molecule has 1 N–H and O–H groups in total. The molecule has 1 saturated carbocycles. The molecular formula is C18H28ClN3O. The van der Waals surface area contributed by atoms with Crippen molar-refractivity contribution in [1.82, 2.24) is 15.2 Å². The van der Waals surface area contributed by atoms with Gasteiger partial charge in [0.05, 0.1) is 12.2 Å². The van der Waals surface area contributed by atoms with Crippen molar-refractivity contribution in [2.75, 3.05) is 13.1 Å². The van der Waals surface area contributed by atoms with Crippen LogP contribution in [0.2, 0.25) is 0 Å². The van der Waals surface area contributed by atoms with E-state index in [-0.39, 0.29) is 23.7 Å². The van der Waals surface area contributed by atoms with Crippen LogP contribution in [0.15, 0.2) is 24.4 Å². The molecule has 0 bridgehead atoms. The molecule has 128 valence electrons. The van der Waals surface area contributed by atoms with Crippen molar-refractivity contribution in [2.45, 2.75) is 52.1 Å². The highest BCUT2D eigenvalue weighted by molar-refractivity contribution is 5.85. The smallest absolute Gasteiger partial charge is 0.226 e. The minimum Gasteiger partial charge on any atom is -0.334 e. The normalized spacial score (nSPS) is 25.8. The van der Waals surface area contributed by atoms with E-state index in [2.05, 4.69) is 29.0 Å². The third-order valence-corrected chi connectivity index (χ3v) is 5.14. The Morgan fingerprint density at radius 2 is 2.13 bits per heavy atom. The largest absolute Gasteiger partial charge is 0.334 e. The number of carbonyl (C=O) groups excluding carboxylic acids is 1. The SMILES string of the molecule is CC1(C)CC1C(=O)N(Cc1ccccn1)C1CCCNCC1.Cl. The first kappa shape index (κ1) is 18.2. The first-order valence-corrected chi connectivity index (χ1v) is 8.49. The molecule has 4 nitrogen and oxygen atoms in total. The average Bonchev–Trinajstić information content (AvgIpc) is 3.22. The van der Waals surface area contributed by atoms with Gasteiger partial charge < -0.3 is 10.2 Å². The van der Waals surface area contributed by atoms with Crippen LogP contribution in [-0.2, 0) is 11.3 Å². The standard InChI is InChI=1S/C18H27N3O.ClH/c1-18(2)12-16(18)17(22)21(13-14-6-3-4-10-20-14)15-7-5-9-19-11-8-15;/h3-4,6,10,15-16,19H,5,7-9,11-13H2,1-2H3;1H. The Morgan fingerprint density at radius 3 is 2.78 bits per heavy atom. The third-order valence-electron chi connectivity index (χ3n) is 5.14. The summed E-state index contributed by atoms with van der Waals surface area (Å²) in [5.41, 5.74) is 1.18. The monoisotopic (exact) mass is 337 g/mol. The van der Waals surface area contributed by atoms with Crippen LogP contribution < -0.4 is 5.32 Å². The van der Waals surface area contributed by atoms with Crippen molar-refractivity contribution in [3.05, 3.63) is 30.1 Å². The maximum Gasteiger partial charge on any atom is 0.226 e. The molecule has 1 aromatic heterocycles. The minimum atomic E-state index is 0. The second kappa shape index (κ2) is 7.63. The van der Waals surface area contributed by atoms with Crippen LogP contribution in [0.1, 0.15) is 45.2 Å². The summed E-state index contributed by atoms with van der Waals surface area (Å²) in [7, 11) is 0. The van der Waals surface area contributed by atoms with Gasteiger partial charge in [0.25, 0.3) is 0 Å². The Kier molecular flexibility index (Phi) is 6.04. The molecule has 0 aromatic carbocycles. The van der Waals surface area contributed by atoms with E-state index in [1.54, 1.807) is 0 Å². The van der Waals surface area contributed by atoms with Gasteiger partial charge in [0, 0.05) is 18.2 Å². The molecule has 2 aliphatic rings. The Morgan fingerprint density at radius 1 is 1.35 bits per heavy atom. The van der Waals surface area contributed by atoms with Crippen molar-refractivity contribution in [1.29, 1.82) is 0 Å². The Labute approximate surface area is 145 Å². The fraction of sp³-hybridized carbons (Fsp3) is 0.667. The van der Waals surface area contributed by atoms with Crippen LogP contribution in [0.25, 0.3) is 0 Å². The number of aromatic nitrogens is 1. The van der Waals surface area contributed by atoms with Crippen molar-refractivity contribution in [2.24, 2.45) is 11.3 Å². The number of hydrogen-bond acceptors (Lipinski definition) is 3. The van der Waals surface area contributed by atoms with Gasteiger partial charge >= 0.3 is 0 Å². The Bertz CT molecular complexity index is 512. The summed E-state index contributed by atoms with van der Waals surface area (Å²) in [6.07, 6.45) is 6.12. The Balaban J connectivity index is 0.00000192. The summed E-state index contributed by atoms with van der Waals surface area (Å²) in [6.45, 7) is 7.12. The number of hydrogen-bond donors (Lipinski definition) is 1. The topological polar surface area (TPSA) is 45.2 Å². The fourth-order valence-electron chi connectivity index (χ4n) is 3.45. The molecule has 23 heavy (non-hydrogen) atoms. The van der Waals surface area contributed by atoms with Gasteiger partial charge in [0.15, 0.2) is 0 Å². The van der Waals surface area contributed by atoms with E-state index in [9.17, 15) is 4.79 Å².